The summed E-state index contributed by atoms with van der Waals surface area (Å²) in [4.78, 5) is 22.6. The van der Waals surface area contributed by atoms with Crippen LogP contribution in [0.1, 0.15) is 11.4 Å². The molecule has 0 N–H and O–H groups in total. The van der Waals surface area contributed by atoms with Crippen LogP contribution < -0.4 is 14.4 Å². The molecule has 0 saturated carbocycles. The lowest BCUT2D eigenvalue weighted by Gasteiger charge is -2.40. The van der Waals surface area contributed by atoms with Crippen LogP contribution in [-0.2, 0) is 11.3 Å². The average Bonchev–Trinajstić information content (AvgIpc) is 2.97. The highest BCUT2D eigenvalue weighted by molar-refractivity contribution is 7.78. The molecule has 0 radical (unpaired) electrons. The molecule has 2 fully saturated rings. The molecule has 0 atom stereocenters. The number of piperazine rings is 1. The van der Waals surface area contributed by atoms with E-state index in [2.05, 4.69) is 34.7 Å². The zero-order chi connectivity index (χ0) is 26.3. The van der Waals surface area contributed by atoms with Gasteiger partial charge in [0.1, 0.15) is 18.8 Å². The SMILES string of the molecule is COc1cc2c(N3CCN(N(C=S)Cc4cnc(C)cn4)CC3)ncnc2cc1OCCN1CCOCC1. The number of hydrogen-bond acceptors (Lipinski definition) is 11. The first kappa shape index (κ1) is 26.4. The Labute approximate surface area is 228 Å². The Morgan fingerprint density at radius 2 is 1.82 bits per heavy atom. The molecule has 202 valence electrons. The second kappa shape index (κ2) is 12.6. The molecule has 11 nitrogen and oxygen atoms in total. The number of anilines is 1. The van der Waals surface area contributed by atoms with Crippen LogP contribution in [-0.4, -0.2) is 113 Å². The molecule has 38 heavy (non-hydrogen) atoms. The fraction of sp³-hybridized carbons (Fsp3) is 0.500. The lowest BCUT2D eigenvalue weighted by Crippen LogP contribution is -2.53. The number of aryl methyl sites for hydroxylation is 1. The number of nitrogens with zero attached hydrogens (tertiary/aromatic N) is 8. The van der Waals surface area contributed by atoms with Crippen LogP contribution in [0.5, 0.6) is 11.5 Å². The van der Waals surface area contributed by atoms with E-state index < -0.39 is 0 Å². The lowest BCUT2D eigenvalue weighted by atomic mass is 10.2. The van der Waals surface area contributed by atoms with E-state index >= 15 is 0 Å². The molecule has 0 spiro atoms. The molecule has 5 rings (SSSR count). The molecule has 0 amide bonds. The summed E-state index contributed by atoms with van der Waals surface area (Å²) >= 11 is 5.32. The summed E-state index contributed by atoms with van der Waals surface area (Å²) in [6.45, 7) is 10.6. The molecule has 4 heterocycles. The first-order valence-electron chi connectivity index (χ1n) is 12.9. The van der Waals surface area contributed by atoms with Gasteiger partial charge in [0, 0.05) is 63.5 Å². The fourth-order valence-corrected chi connectivity index (χ4v) is 4.93. The van der Waals surface area contributed by atoms with Crippen LogP contribution in [0.2, 0.25) is 0 Å². The van der Waals surface area contributed by atoms with E-state index in [0.29, 0.717) is 24.7 Å². The molecule has 12 heteroatoms. The minimum atomic E-state index is 0.576. The minimum absolute atomic E-state index is 0.576. The lowest BCUT2D eigenvalue weighted by molar-refractivity contribution is 0.0321. The van der Waals surface area contributed by atoms with E-state index in [1.165, 1.54) is 0 Å². The molecule has 2 aromatic heterocycles. The fourth-order valence-electron chi connectivity index (χ4n) is 4.72. The Morgan fingerprint density at radius 1 is 1.00 bits per heavy atom. The van der Waals surface area contributed by atoms with Crippen molar-refractivity contribution in [2.75, 3.05) is 77.6 Å². The Morgan fingerprint density at radius 3 is 2.53 bits per heavy atom. The second-order valence-corrected chi connectivity index (χ2v) is 9.52. The van der Waals surface area contributed by atoms with Gasteiger partial charge in [0.15, 0.2) is 11.5 Å². The number of benzene rings is 1. The summed E-state index contributed by atoms with van der Waals surface area (Å²) in [7, 11) is 1.66. The van der Waals surface area contributed by atoms with E-state index in [9.17, 15) is 0 Å². The average molecular weight is 539 g/mol. The third kappa shape index (κ3) is 6.26. The number of rotatable bonds is 10. The highest BCUT2D eigenvalue weighted by atomic mass is 32.1. The zero-order valence-electron chi connectivity index (χ0n) is 22.0. The summed E-state index contributed by atoms with van der Waals surface area (Å²) in [6, 6.07) is 3.94. The molecule has 2 aliphatic rings. The molecule has 1 aromatic carbocycles. The standard InChI is InChI=1S/C26H34N8O3S/c1-20-15-28-21(16-27-20)17-34(19-38)33-5-3-32(4-6-33)26-22-13-24(35-2)25(14-23(22)29-18-30-26)37-12-9-31-7-10-36-11-8-31/h13-16,18-19H,3-12,17H2,1-2H3. The van der Waals surface area contributed by atoms with Crippen LogP contribution in [0.25, 0.3) is 10.9 Å². The van der Waals surface area contributed by atoms with Gasteiger partial charge in [-0.2, -0.15) is 0 Å². The van der Waals surface area contributed by atoms with Crippen molar-refractivity contribution < 1.29 is 14.2 Å². The monoisotopic (exact) mass is 538 g/mol. The summed E-state index contributed by atoms with van der Waals surface area (Å²) < 4.78 is 17.2. The van der Waals surface area contributed by atoms with Crippen molar-refractivity contribution in [3.05, 3.63) is 42.2 Å². The van der Waals surface area contributed by atoms with Gasteiger partial charge in [-0.05, 0) is 13.0 Å². The van der Waals surface area contributed by atoms with E-state index in [0.717, 1.165) is 87.1 Å². The first-order valence-corrected chi connectivity index (χ1v) is 13.4. The largest absolute Gasteiger partial charge is 0.493 e. The van der Waals surface area contributed by atoms with Crippen molar-refractivity contribution in [1.82, 2.24) is 34.9 Å². The summed E-state index contributed by atoms with van der Waals surface area (Å²) in [5.41, 5.74) is 4.30. The number of hydrazine groups is 1. The van der Waals surface area contributed by atoms with Gasteiger partial charge in [-0.1, -0.05) is 12.2 Å². The molecule has 2 saturated heterocycles. The van der Waals surface area contributed by atoms with Crippen molar-refractivity contribution in [3.63, 3.8) is 0 Å². The maximum Gasteiger partial charge on any atom is 0.163 e. The Balaban J connectivity index is 1.25. The van der Waals surface area contributed by atoms with Crippen molar-refractivity contribution in [2.45, 2.75) is 13.5 Å². The van der Waals surface area contributed by atoms with E-state index in [4.69, 9.17) is 26.4 Å². The number of morpholine rings is 1. The quantitative estimate of drug-likeness (QED) is 0.353. The van der Waals surface area contributed by atoms with Gasteiger partial charge >= 0.3 is 0 Å². The highest BCUT2D eigenvalue weighted by Gasteiger charge is 2.24. The van der Waals surface area contributed by atoms with Crippen LogP contribution in [0, 0.1) is 6.92 Å². The maximum atomic E-state index is 6.12. The van der Waals surface area contributed by atoms with Crippen molar-refractivity contribution in [2.24, 2.45) is 0 Å². The predicted molar refractivity (Wildman–Crippen MR) is 149 cm³/mol. The first-order chi connectivity index (χ1) is 18.6. The zero-order valence-corrected chi connectivity index (χ0v) is 22.8. The second-order valence-electron chi connectivity index (χ2n) is 9.31. The van der Waals surface area contributed by atoms with Gasteiger partial charge in [0.05, 0.1) is 55.5 Å². The molecule has 0 unspecified atom stereocenters. The summed E-state index contributed by atoms with van der Waals surface area (Å²) in [5, 5.41) is 5.23. The van der Waals surface area contributed by atoms with E-state index in [1.807, 2.05) is 24.1 Å². The van der Waals surface area contributed by atoms with Gasteiger partial charge in [0.2, 0.25) is 0 Å². The van der Waals surface area contributed by atoms with E-state index in [-0.39, 0.29) is 0 Å². The number of methoxy groups -OCH3 is 1. The molecule has 0 aliphatic carbocycles. The predicted octanol–water partition coefficient (Wildman–Crippen LogP) is 1.94. The maximum absolute atomic E-state index is 6.12. The van der Waals surface area contributed by atoms with Gasteiger partial charge in [0.25, 0.3) is 0 Å². The van der Waals surface area contributed by atoms with Crippen molar-refractivity contribution in [3.8, 4) is 11.5 Å². The number of hydrogen-bond donors (Lipinski definition) is 0. The molecular formula is C26H34N8O3S. The molecule has 3 aromatic rings. The van der Waals surface area contributed by atoms with Crippen molar-refractivity contribution >= 4 is 34.4 Å². The Bertz CT molecular complexity index is 1220. The van der Waals surface area contributed by atoms with Crippen LogP contribution in [0.3, 0.4) is 0 Å². The number of ether oxygens (including phenoxy) is 3. The van der Waals surface area contributed by atoms with Gasteiger partial charge < -0.3 is 19.1 Å². The smallest absolute Gasteiger partial charge is 0.163 e. The van der Waals surface area contributed by atoms with Crippen molar-refractivity contribution in [1.29, 1.82) is 0 Å². The van der Waals surface area contributed by atoms with Gasteiger partial charge in [-0.15, -0.1) is 0 Å². The summed E-state index contributed by atoms with van der Waals surface area (Å²) in [5.74, 6) is 2.27. The van der Waals surface area contributed by atoms with E-state index in [1.54, 1.807) is 31.3 Å². The minimum Gasteiger partial charge on any atom is -0.493 e. The third-order valence-electron chi connectivity index (χ3n) is 6.87. The third-order valence-corrected chi connectivity index (χ3v) is 7.11. The van der Waals surface area contributed by atoms with Gasteiger partial charge in [-0.25, -0.2) is 15.0 Å². The molecule has 2 aliphatic heterocycles. The normalized spacial score (nSPS) is 16.9. The number of fused-ring (bicyclic) bond motifs is 1. The van der Waals surface area contributed by atoms with Crippen LogP contribution in [0.4, 0.5) is 5.82 Å². The highest BCUT2D eigenvalue weighted by Crippen LogP contribution is 2.35. The number of thiocarbonyl (C=S) groups is 1. The summed E-state index contributed by atoms with van der Waals surface area (Å²) in [6.07, 6.45) is 5.20. The Hall–Kier alpha value is -3.19. The Kier molecular flexibility index (Phi) is 8.74. The van der Waals surface area contributed by atoms with Crippen LogP contribution in [0.15, 0.2) is 30.9 Å². The number of aromatic nitrogens is 4. The van der Waals surface area contributed by atoms with Gasteiger partial charge in [-0.3, -0.25) is 19.9 Å². The molecule has 0 bridgehead atoms. The van der Waals surface area contributed by atoms with Crippen LogP contribution >= 0.6 is 12.2 Å². The topological polar surface area (TPSA) is 92.2 Å². The molecular weight excluding hydrogens is 504 g/mol.